The number of aryl methyl sites for hydroxylation is 1. The van der Waals surface area contributed by atoms with Gasteiger partial charge in [0, 0.05) is 49.7 Å². The number of ether oxygens (including phenoxy) is 4. The predicted molar refractivity (Wildman–Crippen MR) is 161 cm³/mol. The van der Waals surface area contributed by atoms with Gasteiger partial charge >= 0.3 is 12.1 Å². The average molecular weight is 648 g/mol. The van der Waals surface area contributed by atoms with Crippen molar-refractivity contribution in [1.29, 1.82) is 0 Å². The molecule has 4 rings (SSSR count). The van der Waals surface area contributed by atoms with Crippen LogP contribution in [0.15, 0.2) is 42.6 Å². The number of rotatable bonds is 11. The monoisotopic (exact) mass is 647 g/mol. The van der Waals surface area contributed by atoms with Crippen LogP contribution in [0.25, 0.3) is 11.3 Å². The molecule has 1 aromatic carbocycles. The molecule has 1 fully saturated rings. The van der Waals surface area contributed by atoms with Crippen LogP contribution in [0.5, 0.6) is 11.6 Å². The zero-order chi connectivity index (χ0) is 33.6. The highest BCUT2D eigenvalue weighted by atomic mass is 19.4. The lowest BCUT2D eigenvalue weighted by Crippen LogP contribution is -2.49. The maximum Gasteiger partial charge on any atom is 0.421 e. The molecule has 3 aromatic rings. The molecule has 1 amide bonds. The molecule has 0 unspecified atom stereocenters. The summed E-state index contributed by atoms with van der Waals surface area (Å²) in [5.74, 6) is -4.07. The Labute approximate surface area is 264 Å². The number of anilines is 1. The largest absolute Gasteiger partial charge is 0.465 e. The fourth-order valence-corrected chi connectivity index (χ4v) is 5.56. The Hall–Kier alpha value is -4.10. The first-order valence-electron chi connectivity index (χ1n) is 14.8. The molecule has 9 nitrogen and oxygen atoms in total. The summed E-state index contributed by atoms with van der Waals surface area (Å²) in [5.41, 5.74) is -0.810. The lowest BCUT2D eigenvalue weighted by Gasteiger charge is -2.36. The molecular weight excluding hydrogens is 610 g/mol. The Bertz CT molecular complexity index is 1540. The number of carbonyl (C=O) groups is 2. The summed E-state index contributed by atoms with van der Waals surface area (Å²) in [7, 11) is 3.95. The highest BCUT2D eigenvalue weighted by molar-refractivity contribution is 6.04. The van der Waals surface area contributed by atoms with Crippen molar-refractivity contribution in [1.82, 2.24) is 9.97 Å². The van der Waals surface area contributed by atoms with E-state index in [-0.39, 0.29) is 41.6 Å². The lowest BCUT2D eigenvalue weighted by atomic mass is 9.82. The second kappa shape index (κ2) is 15.0. The molecule has 2 heterocycles. The van der Waals surface area contributed by atoms with Gasteiger partial charge in [0.15, 0.2) is 11.6 Å². The second-order valence-electron chi connectivity index (χ2n) is 11.4. The van der Waals surface area contributed by atoms with Crippen LogP contribution >= 0.6 is 0 Å². The fourth-order valence-electron chi connectivity index (χ4n) is 5.56. The van der Waals surface area contributed by atoms with E-state index in [0.717, 1.165) is 44.3 Å². The third-order valence-electron chi connectivity index (χ3n) is 7.95. The molecule has 0 N–H and O–H groups in total. The summed E-state index contributed by atoms with van der Waals surface area (Å²) in [6.45, 7) is 3.78. The summed E-state index contributed by atoms with van der Waals surface area (Å²) < 4.78 is 79.5. The van der Waals surface area contributed by atoms with E-state index in [2.05, 4.69) is 16.9 Å². The number of carbonyl (C=O) groups excluding carboxylic acids is 2. The van der Waals surface area contributed by atoms with Crippen LogP contribution in [-0.2, 0) is 25.2 Å². The number of methoxy groups -OCH3 is 3. The van der Waals surface area contributed by atoms with Gasteiger partial charge in [0.05, 0.1) is 43.3 Å². The number of hydrogen-bond acceptors (Lipinski definition) is 8. The maximum atomic E-state index is 15.9. The third-order valence-corrected chi connectivity index (χ3v) is 7.95. The number of amides is 1. The van der Waals surface area contributed by atoms with Gasteiger partial charge in [-0.1, -0.05) is 13.0 Å². The smallest absolute Gasteiger partial charge is 0.421 e. The van der Waals surface area contributed by atoms with E-state index in [1.54, 1.807) is 19.1 Å². The van der Waals surface area contributed by atoms with Crippen molar-refractivity contribution < 1.29 is 46.1 Å². The van der Waals surface area contributed by atoms with E-state index in [4.69, 9.17) is 18.9 Å². The third kappa shape index (κ3) is 8.00. The fraction of sp³-hybridized carbons (Fsp3) is 0.455. The molecule has 1 aliphatic carbocycles. The quantitative estimate of drug-likeness (QED) is 0.162. The lowest BCUT2D eigenvalue weighted by molar-refractivity contribution is -0.138. The Balaban J connectivity index is 1.81. The molecule has 0 saturated heterocycles. The molecule has 13 heteroatoms. The zero-order valence-electron chi connectivity index (χ0n) is 26.3. The Morgan fingerprint density at radius 2 is 1.70 bits per heavy atom. The molecule has 2 aromatic heterocycles. The average Bonchev–Trinajstić information content (AvgIpc) is 3.02. The normalized spacial score (nSPS) is 16.7. The van der Waals surface area contributed by atoms with Gasteiger partial charge in [-0.3, -0.25) is 9.78 Å². The van der Waals surface area contributed by atoms with E-state index in [1.165, 1.54) is 25.2 Å². The molecular formula is C33H37F4N3O6. The summed E-state index contributed by atoms with van der Waals surface area (Å²) in [6, 6.07) is 6.71. The molecule has 1 saturated carbocycles. The van der Waals surface area contributed by atoms with E-state index in [0.29, 0.717) is 24.5 Å². The van der Waals surface area contributed by atoms with Crippen molar-refractivity contribution in [3.05, 3.63) is 65.2 Å². The standard InChI is InChI=1S/C33H37F4N3O6/c1-19-9-11-21(12-10-19)31(41)40(23(17-43-3)18-44-4)28-15-26(34)29(14-24(28)32(42)45-5)46-30-25(33(35,36)37)13-22(16-38-30)27-8-6-7-20(2)39-27/h6-8,13-16,19,21,23H,9-12,17-18H2,1-5H3. The topological polar surface area (TPSA) is 100 Å². The molecule has 0 aliphatic heterocycles. The van der Waals surface area contributed by atoms with Gasteiger partial charge in [0.25, 0.3) is 0 Å². The molecule has 248 valence electrons. The van der Waals surface area contributed by atoms with Gasteiger partial charge in [-0.2, -0.15) is 13.2 Å². The minimum Gasteiger partial charge on any atom is -0.465 e. The van der Waals surface area contributed by atoms with Crippen LogP contribution in [0.4, 0.5) is 23.2 Å². The van der Waals surface area contributed by atoms with E-state index >= 15 is 4.39 Å². The van der Waals surface area contributed by atoms with Gasteiger partial charge in [0.1, 0.15) is 5.56 Å². The van der Waals surface area contributed by atoms with Crippen LogP contribution in [0.2, 0.25) is 0 Å². The van der Waals surface area contributed by atoms with Gasteiger partial charge in [-0.15, -0.1) is 0 Å². The van der Waals surface area contributed by atoms with E-state index < -0.39 is 47.1 Å². The molecule has 46 heavy (non-hydrogen) atoms. The van der Waals surface area contributed by atoms with E-state index in [9.17, 15) is 22.8 Å². The Morgan fingerprint density at radius 1 is 1.02 bits per heavy atom. The van der Waals surface area contributed by atoms with Crippen molar-refractivity contribution in [2.24, 2.45) is 11.8 Å². The number of aromatic nitrogens is 2. The van der Waals surface area contributed by atoms with Crippen molar-refractivity contribution >= 4 is 17.6 Å². The summed E-state index contributed by atoms with van der Waals surface area (Å²) in [5, 5.41) is 0. The Morgan fingerprint density at radius 3 is 2.28 bits per heavy atom. The van der Waals surface area contributed by atoms with Gasteiger partial charge in [0.2, 0.25) is 11.8 Å². The minimum absolute atomic E-state index is 0.00973. The number of halogens is 4. The second-order valence-corrected chi connectivity index (χ2v) is 11.4. The molecule has 1 aliphatic rings. The van der Waals surface area contributed by atoms with Crippen molar-refractivity contribution in [3.63, 3.8) is 0 Å². The predicted octanol–water partition coefficient (Wildman–Crippen LogP) is 7.01. The minimum atomic E-state index is -4.93. The highest BCUT2D eigenvalue weighted by Gasteiger charge is 2.38. The first-order chi connectivity index (χ1) is 21.9. The number of hydrogen-bond donors (Lipinski definition) is 0. The van der Waals surface area contributed by atoms with Gasteiger partial charge in [-0.05, 0) is 56.7 Å². The summed E-state index contributed by atoms with van der Waals surface area (Å²) in [4.78, 5) is 36.5. The van der Waals surface area contributed by atoms with Crippen LogP contribution in [0, 0.1) is 24.6 Å². The SMILES string of the molecule is COCC(COC)N(C(=O)C1CCC(C)CC1)c1cc(F)c(Oc2ncc(-c3cccc(C)n3)cc2C(F)(F)F)cc1C(=O)OC. The summed E-state index contributed by atoms with van der Waals surface area (Å²) >= 11 is 0. The first-order valence-corrected chi connectivity index (χ1v) is 14.8. The number of nitrogens with zero attached hydrogens (tertiary/aromatic N) is 3. The number of esters is 1. The highest BCUT2D eigenvalue weighted by Crippen LogP contribution is 2.41. The van der Waals surface area contributed by atoms with Crippen LogP contribution in [0.1, 0.15) is 54.2 Å². The van der Waals surface area contributed by atoms with Gasteiger partial charge < -0.3 is 23.8 Å². The molecule has 0 atom stereocenters. The zero-order valence-corrected chi connectivity index (χ0v) is 26.3. The molecule has 0 bridgehead atoms. The Kier molecular flexibility index (Phi) is 11.3. The summed E-state index contributed by atoms with van der Waals surface area (Å²) in [6.07, 6.45) is -0.965. The number of pyridine rings is 2. The van der Waals surface area contributed by atoms with Crippen LogP contribution < -0.4 is 9.64 Å². The van der Waals surface area contributed by atoms with Crippen molar-refractivity contribution in [3.8, 4) is 22.9 Å². The van der Waals surface area contributed by atoms with Crippen LogP contribution in [-0.4, -0.2) is 62.4 Å². The van der Waals surface area contributed by atoms with Gasteiger partial charge in [-0.25, -0.2) is 14.2 Å². The van der Waals surface area contributed by atoms with Crippen molar-refractivity contribution in [2.45, 2.75) is 51.7 Å². The number of benzene rings is 1. The molecule has 0 spiro atoms. The molecule has 0 radical (unpaired) electrons. The number of alkyl halides is 3. The van der Waals surface area contributed by atoms with E-state index in [1.807, 2.05) is 0 Å². The maximum absolute atomic E-state index is 15.9. The van der Waals surface area contributed by atoms with Crippen LogP contribution in [0.3, 0.4) is 0 Å². The first kappa shape index (κ1) is 34.8. The van der Waals surface area contributed by atoms with Crippen molar-refractivity contribution in [2.75, 3.05) is 39.4 Å².